The molecule has 0 saturated heterocycles. The zero-order valence-electron chi connectivity index (χ0n) is 10.2. The van der Waals surface area contributed by atoms with Crippen molar-refractivity contribution in [1.82, 2.24) is 14.9 Å². The highest BCUT2D eigenvalue weighted by molar-refractivity contribution is 6.29. The monoisotopic (exact) mass is 257 g/mol. The molecular formula is C12H20ClN3O. The van der Waals surface area contributed by atoms with Crippen molar-refractivity contribution >= 4 is 11.6 Å². The molecule has 5 heteroatoms. The lowest BCUT2D eigenvalue weighted by atomic mass is 9.87. The van der Waals surface area contributed by atoms with Crippen LogP contribution in [0.4, 0.5) is 0 Å². The topological polar surface area (TPSA) is 50.1 Å². The number of halogens is 1. The number of aliphatic hydroxyl groups is 1. The summed E-state index contributed by atoms with van der Waals surface area (Å²) >= 11 is 5.92. The van der Waals surface area contributed by atoms with Crippen LogP contribution in [0.15, 0.2) is 6.20 Å². The summed E-state index contributed by atoms with van der Waals surface area (Å²) in [5, 5.41) is 13.5. The molecule has 0 spiro atoms. The van der Waals surface area contributed by atoms with Gasteiger partial charge in [0.05, 0.1) is 18.8 Å². The molecule has 17 heavy (non-hydrogen) atoms. The van der Waals surface area contributed by atoms with Crippen LogP contribution in [0.2, 0.25) is 5.15 Å². The molecule has 2 N–H and O–H groups in total. The average Bonchev–Trinajstić information content (AvgIpc) is 2.64. The molecule has 1 aliphatic carbocycles. The minimum Gasteiger partial charge on any atom is -0.393 e. The van der Waals surface area contributed by atoms with Gasteiger partial charge in [-0.1, -0.05) is 11.6 Å². The van der Waals surface area contributed by atoms with Crippen LogP contribution in [0.25, 0.3) is 0 Å². The minimum atomic E-state index is -0.0698. The Hall–Kier alpha value is -0.580. The van der Waals surface area contributed by atoms with Gasteiger partial charge in [-0.25, -0.2) is 4.98 Å². The molecule has 96 valence electrons. The van der Waals surface area contributed by atoms with Crippen LogP contribution >= 0.6 is 11.6 Å². The summed E-state index contributed by atoms with van der Waals surface area (Å²) in [5.41, 5.74) is 0. The lowest BCUT2D eigenvalue weighted by Gasteiger charge is -2.25. The smallest absolute Gasteiger partial charge is 0.128 e. The van der Waals surface area contributed by atoms with Crippen molar-refractivity contribution in [2.75, 3.05) is 6.54 Å². The molecule has 0 amide bonds. The fourth-order valence-corrected chi connectivity index (χ4v) is 2.47. The zero-order chi connectivity index (χ0) is 12.3. The Balaban J connectivity index is 1.71. The van der Waals surface area contributed by atoms with E-state index < -0.39 is 0 Å². The van der Waals surface area contributed by atoms with E-state index in [4.69, 9.17) is 11.6 Å². The molecule has 4 nitrogen and oxygen atoms in total. The number of hydrogen-bond donors (Lipinski definition) is 2. The normalized spacial score (nSPS) is 25.1. The van der Waals surface area contributed by atoms with Crippen LogP contribution in [-0.2, 0) is 13.6 Å². The lowest BCUT2D eigenvalue weighted by Crippen LogP contribution is -2.28. The molecule has 1 heterocycles. The van der Waals surface area contributed by atoms with Crippen molar-refractivity contribution in [1.29, 1.82) is 0 Å². The van der Waals surface area contributed by atoms with Crippen LogP contribution in [0.1, 0.15) is 31.5 Å². The van der Waals surface area contributed by atoms with Gasteiger partial charge in [-0.05, 0) is 38.1 Å². The summed E-state index contributed by atoms with van der Waals surface area (Å²) in [7, 11) is 1.92. The molecule has 0 aromatic carbocycles. The van der Waals surface area contributed by atoms with E-state index in [-0.39, 0.29) is 6.10 Å². The van der Waals surface area contributed by atoms with Crippen LogP contribution < -0.4 is 5.32 Å². The third-order valence-corrected chi connectivity index (χ3v) is 3.91. The third kappa shape index (κ3) is 3.44. The fourth-order valence-electron chi connectivity index (χ4n) is 2.33. The third-order valence-electron chi connectivity index (χ3n) is 3.56. The Bertz CT molecular complexity index is 359. The first-order valence-electron chi connectivity index (χ1n) is 6.21. The Morgan fingerprint density at radius 1 is 1.47 bits per heavy atom. The van der Waals surface area contributed by atoms with E-state index in [1.807, 2.05) is 11.6 Å². The molecule has 1 aromatic rings. The highest BCUT2D eigenvalue weighted by Crippen LogP contribution is 2.23. The number of aromatic nitrogens is 2. The van der Waals surface area contributed by atoms with Gasteiger partial charge in [-0.2, -0.15) is 0 Å². The second-order valence-corrected chi connectivity index (χ2v) is 5.25. The zero-order valence-corrected chi connectivity index (χ0v) is 11.0. The summed E-state index contributed by atoms with van der Waals surface area (Å²) < 4.78 is 1.89. The summed E-state index contributed by atoms with van der Waals surface area (Å²) in [6.45, 7) is 1.75. The van der Waals surface area contributed by atoms with Crippen molar-refractivity contribution in [2.45, 2.75) is 38.3 Å². The van der Waals surface area contributed by atoms with Crippen LogP contribution in [-0.4, -0.2) is 27.3 Å². The number of aliphatic hydroxyl groups excluding tert-OH is 1. The first kappa shape index (κ1) is 12.9. The number of imidazole rings is 1. The van der Waals surface area contributed by atoms with Gasteiger partial charge in [-0.15, -0.1) is 0 Å². The number of hydrogen-bond acceptors (Lipinski definition) is 3. The van der Waals surface area contributed by atoms with E-state index in [0.717, 1.165) is 44.6 Å². The number of nitrogens with zero attached hydrogens (tertiary/aromatic N) is 2. The molecule has 1 aliphatic rings. The quantitative estimate of drug-likeness (QED) is 0.864. The van der Waals surface area contributed by atoms with Crippen molar-refractivity contribution in [3.05, 3.63) is 17.2 Å². The summed E-state index contributed by atoms with van der Waals surface area (Å²) in [4.78, 5) is 4.24. The highest BCUT2D eigenvalue weighted by Gasteiger charge is 2.18. The van der Waals surface area contributed by atoms with E-state index in [1.54, 1.807) is 6.20 Å². The first-order chi connectivity index (χ1) is 8.16. The standard InChI is InChI=1S/C12H20ClN3O/c1-16-11(13)7-15-12(16)8-14-6-9-2-4-10(17)5-3-9/h7,9-10,14,17H,2-6,8H2,1H3. The van der Waals surface area contributed by atoms with Crippen molar-refractivity contribution in [3.8, 4) is 0 Å². The summed E-state index contributed by atoms with van der Waals surface area (Å²) in [6, 6.07) is 0. The summed E-state index contributed by atoms with van der Waals surface area (Å²) in [5.74, 6) is 1.65. The van der Waals surface area contributed by atoms with Crippen LogP contribution in [0.5, 0.6) is 0 Å². The van der Waals surface area contributed by atoms with Crippen molar-refractivity contribution < 1.29 is 5.11 Å². The molecule has 0 atom stereocenters. The predicted octanol–water partition coefficient (Wildman–Crippen LogP) is 1.71. The van der Waals surface area contributed by atoms with Gasteiger partial charge in [0.1, 0.15) is 11.0 Å². The molecule has 1 aromatic heterocycles. The predicted molar refractivity (Wildman–Crippen MR) is 67.9 cm³/mol. The number of rotatable bonds is 4. The van der Waals surface area contributed by atoms with E-state index in [2.05, 4.69) is 10.3 Å². The van der Waals surface area contributed by atoms with Gasteiger partial charge in [0, 0.05) is 7.05 Å². The lowest BCUT2D eigenvalue weighted by molar-refractivity contribution is 0.108. The van der Waals surface area contributed by atoms with Gasteiger partial charge < -0.3 is 15.0 Å². The van der Waals surface area contributed by atoms with E-state index in [9.17, 15) is 5.11 Å². The Labute approximate surface area is 107 Å². The van der Waals surface area contributed by atoms with Gasteiger partial charge in [0.2, 0.25) is 0 Å². The average molecular weight is 258 g/mol. The minimum absolute atomic E-state index is 0.0698. The van der Waals surface area contributed by atoms with Crippen LogP contribution in [0.3, 0.4) is 0 Å². The van der Waals surface area contributed by atoms with E-state index in [1.165, 1.54) is 0 Å². The largest absolute Gasteiger partial charge is 0.393 e. The van der Waals surface area contributed by atoms with E-state index >= 15 is 0 Å². The fraction of sp³-hybridized carbons (Fsp3) is 0.750. The van der Waals surface area contributed by atoms with Crippen LogP contribution in [0, 0.1) is 5.92 Å². The van der Waals surface area contributed by atoms with E-state index in [0.29, 0.717) is 11.1 Å². The maximum Gasteiger partial charge on any atom is 0.128 e. The molecule has 0 unspecified atom stereocenters. The SMILES string of the molecule is Cn1c(Cl)cnc1CNCC1CCC(O)CC1. The molecule has 0 radical (unpaired) electrons. The Morgan fingerprint density at radius 3 is 2.76 bits per heavy atom. The molecule has 1 saturated carbocycles. The summed E-state index contributed by atoms with van der Waals surface area (Å²) in [6.07, 6.45) is 5.74. The molecule has 2 rings (SSSR count). The Kier molecular flexibility index (Phi) is 4.42. The molecule has 0 aliphatic heterocycles. The molecule has 1 fully saturated rings. The molecular weight excluding hydrogens is 238 g/mol. The number of nitrogens with one attached hydrogen (secondary N) is 1. The van der Waals surface area contributed by atoms with Gasteiger partial charge in [0.15, 0.2) is 0 Å². The first-order valence-corrected chi connectivity index (χ1v) is 6.59. The maximum atomic E-state index is 9.42. The van der Waals surface area contributed by atoms with Crippen molar-refractivity contribution in [3.63, 3.8) is 0 Å². The maximum absolute atomic E-state index is 9.42. The second kappa shape index (κ2) is 5.85. The van der Waals surface area contributed by atoms with Gasteiger partial charge >= 0.3 is 0 Å². The van der Waals surface area contributed by atoms with Gasteiger partial charge in [-0.3, -0.25) is 0 Å². The molecule has 0 bridgehead atoms. The van der Waals surface area contributed by atoms with Gasteiger partial charge in [0.25, 0.3) is 0 Å². The second-order valence-electron chi connectivity index (χ2n) is 4.86. The van der Waals surface area contributed by atoms with Crippen molar-refractivity contribution in [2.24, 2.45) is 13.0 Å². The Morgan fingerprint density at radius 2 is 2.18 bits per heavy atom. The highest BCUT2D eigenvalue weighted by atomic mass is 35.5.